The van der Waals surface area contributed by atoms with Crippen LogP contribution < -0.4 is 0 Å². The smallest absolute Gasteiger partial charge is 0.198 e. The molecule has 0 N–H and O–H groups in total. The molecule has 160 valence electrons. The molecular formula is C21H22N6O3S. The van der Waals surface area contributed by atoms with Gasteiger partial charge >= 0.3 is 0 Å². The van der Waals surface area contributed by atoms with E-state index in [1.165, 1.54) is 6.26 Å². The van der Waals surface area contributed by atoms with E-state index in [0.29, 0.717) is 18.3 Å². The van der Waals surface area contributed by atoms with Gasteiger partial charge in [-0.15, -0.1) is 5.10 Å². The Balaban J connectivity index is 1.25. The van der Waals surface area contributed by atoms with E-state index in [4.69, 9.17) is 4.42 Å². The van der Waals surface area contributed by atoms with Crippen LogP contribution in [-0.4, -0.2) is 57.9 Å². The van der Waals surface area contributed by atoms with Crippen LogP contribution in [0.1, 0.15) is 30.5 Å². The molecular weight excluding hydrogens is 416 g/mol. The topological polar surface area (TPSA) is 107 Å². The van der Waals surface area contributed by atoms with Crippen LogP contribution in [0.4, 0.5) is 0 Å². The first-order valence-corrected chi connectivity index (χ1v) is 12.0. The van der Waals surface area contributed by atoms with Crippen molar-refractivity contribution in [3.63, 3.8) is 0 Å². The van der Waals surface area contributed by atoms with Gasteiger partial charge in [-0.3, -0.25) is 4.90 Å². The fraction of sp³-hybridized carbons (Fsp3) is 0.333. The van der Waals surface area contributed by atoms with Crippen molar-refractivity contribution in [3.05, 3.63) is 60.2 Å². The van der Waals surface area contributed by atoms with Crippen molar-refractivity contribution in [3.8, 4) is 5.69 Å². The van der Waals surface area contributed by atoms with Crippen LogP contribution in [0, 0.1) is 0 Å². The van der Waals surface area contributed by atoms with Crippen LogP contribution in [0.3, 0.4) is 0 Å². The van der Waals surface area contributed by atoms with E-state index >= 15 is 0 Å². The van der Waals surface area contributed by atoms with Crippen LogP contribution in [0.2, 0.25) is 0 Å². The predicted molar refractivity (Wildman–Crippen MR) is 114 cm³/mol. The van der Waals surface area contributed by atoms with Crippen molar-refractivity contribution < 1.29 is 12.8 Å². The Bertz CT molecular complexity index is 1270. The number of nitrogens with zero attached hydrogens (tertiary/aromatic N) is 6. The number of rotatable bonds is 5. The first-order chi connectivity index (χ1) is 15.0. The number of hydrogen-bond acceptors (Lipinski definition) is 8. The minimum atomic E-state index is -3.24. The number of sulfone groups is 1. The lowest BCUT2D eigenvalue weighted by Crippen LogP contribution is -2.33. The monoisotopic (exact) mass is 438 g/mol. The Morgan fingerprint density at radius 3 is 2.52 bits per heavy atom. The number of hydrogen-bond donors (Lipinski definition) is 0. The first kappa shape index (κ1) is 19.8. The van der Waals surface area contributed by atoms with Gasteiger partial charge in [0.1, 0.15) is 5.52 Å². The number of benzene rings is 2. The molecule has 0 radical (unpaired) electrons. The summed E-state index contributed by atoms with van der Waals surface area (Å²) in [6.07, 6.45) is 3.10. The SMILES string of the molecule is CS(=O)(=O)c1ccc(-n2nnnc2CN2CCC(c3nc4ccccc4o3)CC2)cc1. The van der Waals surface area contributed by atoms with Gasteiger partial charge in [0.15, 0.2) is 27.1 Å². The lowest BCUT2D eigenvalue weighted by Gasteiger charge is -2.29. The van der Waals surface area contributed by atoms with E-state index in [1.54, 1.807) is 28.9 Å². The Morgan fingerprint density at radius 2 is 1.81 bits per heavy atom. The molecule has 10 heteroatoms. The summed E-state index contributed by atoms with van der Waals surface area (Å²) < 4.78 is 31.0. The molecule has 31 heavy (non-hydrogen) atoms. The highest BCUT2D eigenvalue weighted by atomic mass is 32.2. The maximum absolute atomic E-state index is 11.7. The van der Waals surface area contributed by atoms with Crippen LogP contribution in [-0.2, 0) is 16.4 Å². The fourth-order valence-corrected chi connectivity index (χ4v) is 4.57. The summed E-state index contributed by atoms with van der Waals surface area (Å²) >= 11 is 0. The molecule has 0 unspecified atom stereocenters. The van der Waals surface area contributed by atoms with Gasteiger partial charge in [0.05, 0.1) is 17.1 Å². The number of aromatic nitrogens is 5. The van der Waals surface area contributed by atoms with Crippen LogP contribution in [0.15, 0.2) is 57.8 Å². The second-order valence-electron chi connectivity index (χ2n) is 7.84. The lowest BCUT2D eigenvalue weighted by molar-refractivity contribution is 0.188. The van der Waals surface area contributed by atoms with Gasteiger partial charge in [-0.2, -0.15) is 4.68 Å². The van der Waals surface area contributed by atoms with Crippen molar-refractivity contribution in [2.45, 2.75) is 30.2 Å². The van der Waals surface area contributed by atoms with Crippen LogP contribution in [0.25, 0.3) is 16.8 Å². The zero-order valence-corrected chi connectivity index (χ0v) is 17.9. The standard InChI is InChI=1S/C21H22N6O3S/c1-31(28,29)17-8-6-16(7-9-17)27-20(23-24-25-27)14-26-12-10-15(11-13-26)21-22-18-4-2-3-5-19(18)30-21/h2-9,15H,10-14H2,1H3. The second kappa shape index (κ2) is 7.86. The number of likely N-dealkylation sites (tertiary alicyclic amines) is 1. The quantitative estimate of drug-likeness (QED) is 0.468. The molecule has 1 fully saturated rings. The maximum Gasteiger partial charge on any atom is 0.198 e. The third-order valence-corrected chi connectivity index (χ3v) is 6.78. The van der Waals surface area contributed by atoms with Crippen molar-refractivity contribution in [1.82, 2.24) is 30.1 Å². The van der Waals surface area contributed by atoms with Gasteiger partial charge in [-0.25, -0.2) is 13.4 Å². The minimum absolute atomic E-state index is 0.271. The van der Waals surface area contributed by atoms with Crippen molar-refractivity contribution >= 4 is 20.9 Å². The second-order valence-corrected chi connectivity index (χ2v) is 9.86. The molecule has 0 bridgehead atoms. The molecule has 1 aliphatic heterocycles. The third kappa shape index (κ3) is 4.08. The number of fused-ring (bicyclic) bond motifs is 1. The van der Waals surface area contributed by atoms with Gasteiger partial charge in [0.2, 0.25) is 0 Å². The van der Waals surface area contributed by atoms with E-state index in [0.717, 1.165) is 48.6 Å². The Morgan fingerprint density at radius 1 is 1.06 bits per heavy atom. The molecule has 0 aliphatic carbocycles. The molecule has 3 heterocycles. The molecule has 5 rings (SSSR count). The summed E-state index contributed by atoms with van der Waals surface area (Å²) in [5.74, 6) is 1.84. The van der Waals surface area contributed by atoms with Gasteiger partial charge < -0.3 is 4.42 Å². The van der Waals surface area contributed by atoms with Crippen LogP contribution in [0.5, 0.6) is 0 Å². The summed E-state index contributed by atoms with van der Waals surface area (Å²) in [6, 6.07) is 14.4. The Hall–Kier alpha value is -3.11. The predicted octanol–water partition coefficient (Wildman–Crippen LogP) is 2.59. The molecule has 0 atom stereocenters. The van der Waals surface area contributed by atoms with Gasteiger partial charge in [-0.05, 0) is 72.8 Å². The normalized spacial score (nSPS) is 16.2. The highest BCUT2D eigenvalue weighted by molar-refractivity contribution is 7.90. The summed E-state index contributed by atoms with van der Waals surface area (Å²) in [4.78, 5) is 7.23. The number of piperidine rings is 1. The lowest BCUT2D eigenvalue weighted by atomic mass is 9.97. The Kier molecular flexibility index (Phi) is 5.03. The summed E-state index contributed by atoms with van der Waals surface area (Å²) in [6.45, 7) is 2.40. The number of para-hydroxylation sites is 2. The van der Waals surface area contributed by atoms with Crippen molar-refractivity contribution in [2.24, 2.45) is 0 Å². The molecule has 0 saturated carbocycles. The molecule has 4 aromatic rings. The molecule has 2 aromatic carbocycles. The molecule has 0 spiro atoms. The minimum Gasteiger partial charge on any atom is -0.440 e. The highest BCUT2D eigenvalue weighted by Gasteiger charge is 2.26. The number of oxazole rings is 1. The third-order valence-electron chi connectivity index (χ3n) is 5.66. The number of tetrazole rings is 1. The zero-order chi connectivity index (χ0) is 21.4. The summed E-state index contributed by atoms with van der Waals surface area (Å²) in [5, 5.41) is 12.1. The van der Waals surface area contributed by atoms with E-state index < -0.39 is 9.84 Å². The van der Waals surface area contributed by atoms with E-state index in [9.17, 15) is 8.42 Å². The van der Waals surface area contributed by atoms with Crippen LogP contribution >= 0.6 is 0 Å². The van der Waals surface area contributed by atoms with Gasteiger partial charge in [0, 0.05) is 12.2 Å². The molecule has 1 saturated heterocycles. The van der Waals surface area contributed by atoms with E-state index in [2.05, 4.69) is 25.4 Å². The van der Waals surface area contributed by atoms with Gasteiger partial charge in [-0.1, -0.05) is 12.1 Å². The average molecular weight is 439 g/mol. The first-order valence-electron chi connectivity index (χ1n) is 10.1. The van der Waals surface area contributed by atoms with E-state index in [1.807, 2.05) is 24.3 Å². The summed E-state index contributed by atoms with van der Waals surface area (Å²) in [7, 11) is -3.24. The Labute approximate surface area is 179 Å². The average Bonchev–Trinajstić information content (AvgIpc) is 3.41. The molecule has 9 nitrogen and oxygen atoms in total. The van der Waals surface area contributed by atoms with E-state index in [-0.39, 0.29) is 4.90 Å². The fourth-order valence-electron chi connectivity index (χ4n) is 3.94. The molecule has 2 aromatic heterocycles. The largest absolute Gasteiger partial charge is 0.440 e. The maximum atomic E-state index is 11.7. The zero-order valence-electron chi connectivity index (χ0n) is 17.0. The summed E-state index contributed by atoms with van der Waals surface area (Å²) in [5.41, 5.74) is 2.47. The van der Waals surface area contributed by atoms with Crippen molar-refractivity contribution in [2.75, 3.05) is 19.3 Å². The molecule has 0 amide bonds. The van der Waals surface area contributed by atoms with Gasteiger partial charge in [0.25, 0.3) is 0 Å². The highest BCUT2D eigenvalue weighted by Crippen LogP contribution is 2.30. The van der Waals surface area contributed by atoms with Crippen molar-refractivity contribution in [1.29, 1.82) is 0 Å². The molecule has 1 aliphatic rings.